The van der Waals surface area contributed by atoms with Gasteiger partial charge in [-0.05, 0) is 85.5 Å². The number of nitro benzene ring substituents is 1. The molecule has 6 rings (SSSR count). The van der Waals surface area contributed by atoms with Gasteiger partial charge in [-0.15, -0.1) is 0 Å². The van der Waals surface area contributed by atoms with Gasteiger partial charge >= 0.3 is 5.97 Å². The first-order valence-electron chi connectivity index (χ1n) is 11.3. The average Bonchev–Trinajstić information content (AvgIpc) is 2.77. The molecule has 7 nitrogen and oxygen atoms in total. The van der Waals surface area contributed by atoms with E-state index in [4.69, 9.17) is 16.3 Å². The Labute approximate surface area is 196 Å². The van der Waals surface area contributed by atoms with Gasteiger partial charge in [-0.3, -0.25) is 14.9 Å². The zero-order chi connectivity index (χ0) is 23.2. The smallest absolute Gasteiger partial charge is 0.340 e. The molecule has 172 valence electrons. The van der Waals surface area contributed by atoms with Crippen LogP contribution in [0.25, 0.3) is 0 Å². The van der Waals surface area contributed by atoms with Crippen LogP contribution in [0.5, 0.6) is 0 Å². The maximum absolute atomic E-state index is 12.3. The molecule has 2 aromatic carbocycles. The first kappa shape index (κ1) is 21.9. The summed E-state index contributed by atoms with van der Waals surface area (Å²) < 4.78 is 5.01. The summed E-state index contributed by atoms with van der Waals surface area (Å²) in [6.45, 7) is -0.519. The summed E-state index contributed by atoms with van der Waals surface area (Å²) in [6.07, 6.45) is 8.03. The molecule has 0 unspecified atom stereocenters. The van der Waals surface area contributed by atoms with Crippen LogP contribution in [0.2, 0.25) is 5.02 Å². The molecule has 0 aromatic heterocycles. The summed E-state index contributed by atoms with van der Waals surface area (Å²) in [5, 5.41) is 13.7. The lowest BCUT2D eigenvalue weighted by Gasteiger charge is -2.57. The SMILES string of the molecule is O=C(COC(=O)c1cc([N+](=O)[O-])ccc1Cl)Nc1ccc(C23CC4CC(CC(C4)C2)C3)cc1. The highest BCUT2D eigenvalue weighted by Gasteiger charge is 2.51. The number of nitrogens with zero attached hydrogens (tertiary/aromatic N) is 1. The Morgan fingerprint density at radius 1 is 1.03 bits per heavy atom. The van der Waals surface area contributed by atoms with Crippen LogP contribution in [0, 0.1) is 27.9 Å². The van der Waals surface area contributed by atoms with Gasteiger partial charge in [-0.25, -0.2) is 4.79 Å². The largest absolute Gasteiger partial charge is 0.452 e. The number of carbonyl (C=O) groups excluding carboxylic acids is 2. The quantitative estimate of drug-likeness (QED) is 0.342. The Kier molecular flexibility index (Phi) is 5.60. The summed E-state index contributed by atoms with van der Waals surface area (Å²) in [7, 11) is 0. The van der Waals surface area contributed by atoms with E-state index >= 15 is 0 Å². The fraction of sp³-hybridized carbons (Fsp3) is 0.440. The number of nitro groups is 1. The molecule has 8 heteroatoms. The average molecular weight is 469 g/mol. The van der Waals surface area contributed by atoms with Gasteiger partial charge in [-0.1, -0.05) is 23.7 Å². The van der Waals surface area contributed by atoms with Gasteiger partial charge in [0, 0.05) is 17.8 Å². The van der Waals surface area contributed by atoms with Crippen molar-refractivity contribution in [2.75, 3.05) is 11.9 Å². The molecule has 2 aromatic rings. The molecular formula is C25H25ClN2O5. The van der Waals surface area contributed by atoms with Crippen molar-refractivity contribution >= 4 is 34.9 Å². The fourth-order valence-electron chi connectivity index (χ4n) is 6.56. The maximum atomic E-state index is 12.3. The van der Waals surface area contributed by atoms with Gasteiger partial charge < -0.3 is 10.1 Å². The van der Waals surface area contributed by atoms with Crippen molar-refractivity contribution in [2.24, 2.45) is 17.8 Å². The number of hydrogen-bond donors (Lipinski definition) is 1. The second-order valence-electron chi connectivity index (χ2n) is 9.82. The molecule has 0 atom stereocenters. The third-order valence-electron chi connectivity index (χ3n) is 7.53. The van der Waals surface area contributed by atoms with Crippen molar-refractivity contribution in [1.82, 2.24) is 0 Å². The number of hydrogen-bond acceptors (Lipinski definition) is 5. The highest BCUT2D eigenvalue weighted by atomic mass is 35.5. The topological polar surface area (TPSA) is 98.5 Å². The summed E-state index contributed by atoms with van der Waals surface area (Å²) in [5.74, 6) is 1.21. The number of anilines is 1. The van der Waals surface area contributed by atoms with Crippen molar-refractivity contribution in [1.29, 1.82) is 0 Å². The van der Waals surface area contributed by atoms with Gasteiger partial charge in [0.1, 0.15) is 0 Å². The molecule has 1 N–H and O–H groups in total. The molecule has 4 fully saturated rings. The third-order valence-corrected chi connectivity index (χ3v) is 7.86. The molecule has 0 aliphatic heterocycles. The molecule has 33 heavy (non-hydrogen) atoms. The summed E-state index contributed by atoms with van der Waals surface area (Å²) in [6, 6.07) is 11.5. The summed E-state index contributed by atoms with van der Waals surface area (Å²) >= 11 is 5.94. The fourth-order valence-corrected chi connectivity index (χ4v) is 6.76. The minimum absolute atomic E-state index is 0.0197. The number of rotatable bonds is 6. The van der Waals surface area contributed by atoms with E-state index in [1.54, 1.807) is 0 Å². The summed E-state index contributed by atoms with van der Waals surface area (Å²) in [5.41, 5.74) is 1.86. The Bertz CT molecular complexity index is 1080. The lowest BCUT2D eigenvalue weighted by molar-refractivity contribution is -0.384. The molecule has 0 saturated heterocycles. The normalized spacial score (nSPS) is 27.2. The lowest BCUT2D eigenvalue weighted by atomic mass is 9.48. The standard InChI is InChI=1S/C25H25ClN2O5/c26-22-6-5-20(28(31)32)10-21(22)24(30)33-14-23(29)27-19-3-1-18(2-4-19)25-11-15-7-16(12-25)9-17(8-15)13-25/h1-6,10,15-17H,7-9,11-14H2,(H,27,29). The highest BCUT2D eigenvalue weighted by Crippen LogP contribution is 2.60. The maximum Gasteiger partial charge on any atom is 0.340 e. The van der Waals surface area contributed by atoms with Crippen LogP contribution >= 0.6 is 11.6 Å². The summed E-state index contributed by atoms with van der Waals surface area (Å²) in [4.78, 5) is 34.8. The molecule has 0 spiro atoms. The molecule has 0 radical (unpaired) electrons. The number of ether oxygens (including phenoxy) is 1. The molecule has 4 aliphatic carbocycles. The second kappa shape index (κ2) is 8.45. The monoisotopic (exact) mass is 468 g/mol. The van der Waals surface area contributed by atoms with Gasteiger partial charge in [0.25, 0.3) is 11.6 Å². The number of amides is 1. The molecule has 4 saturated carbocycles. The zero-order valence-corrected chi connectivity index (χ0v) is 18.8. The first-order valence-corrected chi connectivity index (χ1v) is 11.7. The van der Waals surface area contributed by atoms with Crippen molar-refractivity contribution in [3.05, 3.63) is 68.7 Å². The first-order chi connectivity index (χ1) is 15.8. The Morgan fingerprint density at radius 3 is 2.21 bits per heavy atom. The van der Waals surface area contributed by atoms with E-state index in [-0.39, 0.29) is 16.3 Å². The van der Waals surface area contributed by atoms with Crippen LogP contribution in [0.15, 0.2) is 42.5 Å². The van der Waals surface area contributed by atoms with E-state index in [0.717, 1.165) is 23.8 Å². The Morgan fingerprint density at radius 2 is 1.64 bits per heavy atom. The van der Waals surface area contributed by atoms with Gasteiger partial charge in [0.2, 0.25) is 0 Å². The van der Waals surface area contributed by atoms with Crippen LogP contribution in [0.1, 0.15) is 54.4 Å². The van der Waals surface area contributed by atoms with Crippen molar-refractivity contribution in [3.8, 4) is 0 Å². The van der Waals surface area contributed by atoms with E-state index in [2.05, 4.69) is 17.4 Å². The minimum Gasteiger partial charge on any atom is -0.452 e. The van der Waals surface area contributed by atoms with Gasteiger partial charge in [-0.2, -0.15) is 0 Å². The van der Waals surface area contributed by atoms with Crippen LogP contribution in [0.4, 0.5) is 11.4 Å². The number of carbonyl (C=O) groups is 2. The van der Waals surface area contributed by atoms with Crippen molar-refractivity contribution in [2.45, 2.75) is 43.9 Å². The zero-order valence-electron chi connectivity index (χ0n) is 18.1. The van der Waals surface area contributed by atoms with Crippen LogP contribution in [0.3, 0.4) is 0 Å². The molecule has 1 amide bonds. The van der Waals surface area contributed by atoms with Crippen LogP contribution in [-0.2, 0) is 14.9 Å². The molecular weight excluding hydrogens is 444 g/mol. The Hall–Kier alpha value is -2.93. The molecule has 0 heterocycles. The Balaban J connectivity index is 1.19. The van der Waals surface area contributed by atoms with E-state index in [9.17, 15) is 19.7 Å². The highest BCUT2D eigenvalue weighted by molar-refractivity contribution is 6.33. The van der Waals surface area contributed by atoms with Gasteiger partial charge in [0.05, 0.1) is 15.5 Å². The predicted octanol–water partition coefficient (Wildman–Crippen LogP) is 5.51. The number of halogens is 1. The number of esters is 1. The number of non-ortho nitro benzene ring substituents is 1. The van der Waals surface area contributed by atoms with E-state index in [0.29, 0.717) is 11.1 Å². The van der Waals surface area contributed by atoms with Crippen LogP contribution < -0.4 is 5.32 Å². The van der Waals surface area contributed by atoms with Crippen LogP contribution in [-0.4, -0.2) is 23.4 Å². The van der Waals surface area contributed by atoms with E-state index in [1.807, 2.05) is 12.1 Å². The van der Waals surface area contributed by atoms with Crippen molar-refractivity contribution < 1.29 is 19.2 Å². The van der Waals surface area contributed by atoms with E-state index < -0.39 is 23.4 Å². The number of benzene rings is 2. The second-order valence-corrected chi connectivity index (χ2v) is 10.2. The van der Waals surface area contributed by atoms with Crippen molar-refractivity contribution in [3.63, 3.8) is 0 Å². The molecule has 4 bridgehead atoms. The number of nitrogens with one attached hydrogen (secondary N) is 1. The lowest BCUT2D eigenvalue weighted by Crippen LogP contribution is -2.48. The van der Waals surface area contributed by atoms with E-state index in [1.165, 1.54) is 56.2 Å². The third kappa shape index (κ3) is 4.34. The minimum atomic E-state index is -0.893. The predicted molar refractivity (Wildman–Crippen MR) is 123 cm³/mol. The molecule has 4 aliphatic rings. The van der Waals surface area contributed by atoms with Gasteiger partial charge in [0.15, 0.2) is 6.61 Å².